The molecule has 1 saturated heterocycles. The van der Waals surface area contributed by atoms with Crippen LogP contribution in [-0.2, 0) is 4.74 Å². The third kappa shape index (κ3) is 5.44. The summed E-state index contributed by atoms with van der Waals surface area (Å²) in [6.45, 7) is 5.65. The zero-order chi connectivity index (χ0) is 10.3. The van der Waals surface area contributed by atoms with Gasteiger partial charge in [-0.1, -0.05) is 0 Å². The minimum absolute atomic E-state index is 0. The third-order valence-electron chi connectivity index (χ3n) is 3.03. The van der Waals surface area contributed by atoms with E-state index in [1.54, 1.807) is 0 Å². The summed E-state index contributed by atoms with van der Waals surface area (Å²) in [6, 6.07) is 0. The summed E-state index contributed by atoms with van der Waals surface area (Å²) in [5, 5.41) is 17.6. The highest BCUT2D eigenvalue weighted by Crippen LogP contribution is 2.18. The van der Waals surface area contributed by atoms with Gasteiger partial charge in [0.15, 0.2) is 0 Å². The molecule has 2 N–H and O–H groups in total. The van der Waals surface area contributed by atoms with Crippen molar-refractivity contribution in [1.82, 2.24) is 0 Å². The number of aliphatic hydroxyl groups excluding tert-OH is 2. The Morgan fingerprint density at radius 3 is 2.13 bits per heavy atom. The molecule has 15 heavy (non-hydrogen) atoms. The van der Waals surface area contributed by atoms with Gasteiger partial charge in [0.25, 0.3) is 0 Å². The van der Waals surface area contributed by atoms with Crippen LogP contribution in [0.15, 0.2) is 0 Å². The highest BCUT2D eigenvalue weighted by molar-refractivity contribution is 4.54. The van der Waals surface area contributed by atoms with Crippen LogP contribution in [0.3, 0.4) is 0 Å². The average Bonchev–Trinajstić information content (AvgIpc) is 2.63. The number of halogens is 1. The fourth-order valence-electron chi connectivity index (χ4n) is 2.20. The SMILES string of the molecule is OCCOCC[N+]1(CCO)CCCC1.[I-]. The number of aliphatic hydroxyl groups is 2. The molecule has 1 heterocycles. The fraction of sp³-hybridized carbons (Fsp3) is 1.00. The Bertz CT molecular complexity index is 152. The lowest BCUT2D eigenvalue weighted by atomic mass is 10.4. The van der Waals surface area contributed by atoms with Crippen LogP contribution in [0.2, 0.25) is 0 Å². The summed E-state index contributed by atoms with van der Waals surface area (Å²) in [5.74, 6) is 0. The van der Waals surface area contributed by atoms with Crippen LogP contribution >= 0.6 is 0 Å². The summed E-state index contributed by atoms with van der Waals surface area (Å²) in [5.41, 5.74) is 0. The fourth-order valence-corrected chi connectivity index (χ4v) is 2.20. The molecule has 1 fully saturated rings. The van der Waals surface area contributed by atoms with E-state index in [1.165, 1.54) is 25.9 Å². The van der Waals surface area contributed by atoms with E-state index in [4.69, 9.17) is 14.9 Å². The molecule has 4 nitrogen and oxygen atoms in total. The molecule has 1 aliphatic rings. The first kappa shape index (κ1) is 15.6. The predicted molar refractivity (Wildman–Crippen MR) is 54.0 cm³/mol. The molecule has 0 atom stereocenters. The summed E-state index contributed by atoms with van der Waals surface area (Å²) in [4.78, 5) is 0. The van der Waals surface area contributed by atoms with Crippen molar-refractivity contribution in [2.75, 3.05) is 52.6 Å². The van der Waals surface area contributed by atoms with E-state index in [0.717, 1.165) is 17.6 Å². The highest BCUT2D eigenvalue weighted by atomic mass is 127. The number of quaternary nitrogens is 1. The maximum absolute atomic E-state index is 9.00. The minimum atomic E-state index is 0. The molecule has 0 unspecified atom stereocenters. The van der Waals surface area contributed by atoms with Gasteiger partial charge in [0.05, 0.1) is 39.5 Å². The lowest BCUT2D eigenvalue weighted by Crippen LogP contribution is -3.00. The van der Waals surface area contributed by atoms with Crippen molar-refractivity contribution in [3.05, 3.63) is 0 Å². The van der Waals surface area contributed by atoms with Crippen LogP contribution in [0.1, 0.15) is 12.8 Å². The molecule has 0 radical (unpaired) electrons. The topological polar surface area (TPSA) is 49.7 Å². The van der Waals surface area contributed by atoms with E-state index in [-0.39, 0.29) is 37.2 Å². The Morgan fingerprint density at radius 1 is 0.933 bits per heavy atom. The van der Waals surface area contributed by atoms with Gasteiger partial charge in [-0.05, 0) is 0 Å². The highest BCUT2D eigenvalue weighted by Gasteiger charge is 2.30. The van der Waals surface area contributed by atoms with Crippen molar-refractivity contribution in [3.8, 4) is 0 Å². The molecule has 0 saturated carbocycles. The maximum Gasteiger partial charge on any atom is 0.102 e. The van der Waals surface area contributed by atoms with Crippen LogP contribution in [0.5, 0.6) is 0 Å². The van der Waals surface area contributed by atoms with Crippen molar-refractivity contribution in [3.63, 3.8) is 0 Å². The number of nitrogens with zero attached hydrogens (tertiary/aromatic N) is 1. The second-order valence-corrected chi connectivity index (χ2v) is 4.00. The number of hydrogen-bond acceptors (Lipinski definition) is 3. The van der Waals surface area contributed by atoms with Crippen molar-refractivity contribution >= 4 is 0 Å². The standard InChI is InChI=1S/C10H22NO3.HI/c12-7-5-11(3-1-2-4-11)6-9-14-10-8-13;/h12-13H,1-10H2;1H/q+1;/p-1. The molecule has 0 spiro atoms. The molecule has 0 aromatic rings. The number of likely N-dealkylation sites (tertiary alicyclic amines) is 1. The summed E-state index contributed by atoms with van der Waals surface area (Å²) >= 11 is 0. The Balaban J connectivity index is 0.00000196. The van der Waals surface area contributed by atoms with E-state index in [2.05, 4.69) is 0 Å². The molecule has 1 aliphatic heterocycles. The zero-order valence-corrected chi connectivity index (χ0v) is 11.4. The zero-order valence-electron chi connectivity index (χ0n) is 9.20. The van der Waals surface area contributed by atoms with Crippen molar-refractivity contribution in [2.24, 2.45) is 0 Å². The molecule has 92 valence electrons. The van der Waals surface area contributed by atoms with Crippen LogP contribution in [0.25, 0.3) is 0 Å². The molecule has 0 amide bonds. The third-order valence-corrected chi connectivity index (χ3v) is 3.03. The van der Waals surface area contributed by atoms with Gasteiger partial charge in [-0.25, -0.2) is 0 Å². The van der Waals surface area contributed by atoms with E-state index in [0.29, 0.717) is 13.2 Å². The number of hydrogen-bond donors (Lipinski definition) is 2. The van der Waals surface area contributed by atoms with Gasteiger partial charge in [0.2, 0.25) is 0 Å². The van der Waals surface area contributed by atoms with E-state index in [9.17, 15) is 0 Å². The molecule has 0 aliphatic carbocycles. The van der Waals surface area contributed by atoms with Crippen molar-refractivity contribution < 1.29 is 43.4 Å². The Hall–Kier alpha value is 0.570. The van der Waals surface area contributed by atoms with Crippen LogP contribution in [-0.4, -0.2) is 67.3 Å². The van der Waals surface area contributed by atoms with Crippen LogP contribution in [0.4, 0.5) is 0 Å². The number of rotatable bonds is 7. The maximum atomic E-state index is 9.00. The Kier molecular flexibility index (Phi) is 9.02. The van der Waals surface area contributed by atoms with E-state index < -0.39 is 0 Å². The molecular weight excluding hydrogens is 309 g/mol. The van der Waals surface area contributed by atoms with Gasteiger partial charge < -0.3 is 43.4 Å². The van der Waals surface area contributed by atoms with Crippen molar-refractivity contribution in [1.29, 1.82) is 0 Å². The van der Waals surface area contributed by atoms with Gasteiger partial charge >= 0.3 is 0 Å². The summed E-state index contributed by atoms with van der Waals surface area (Å²) < 4.78 is 6.27. The minimum Gasteiger partial charge on any atom is -1.00 e. The summed E-state index contributed by atoms with van der Waals surface area (Å²) in [6.07, 6.45) is 2.53. The second kappa shape index (κ2) is 8.69. The lowest BCUT2D eigenvalue weighted by molar-refractivity contribution is -0.917. The molecule has 0 aromatic carbocycles. The average molecular weight is 331 g/mol. The van der Waals surface area contributed by atoms with E-state index >= 15 is 0 Å². The lowest BCUT2D eigenvalue weighted by Gasteiger charge is -2.33. The largest absolute Gasteiger partial charge is 1.00 e. The molecule has 0 aromatic heterocycles. The molecule has 5 heteroatoms. The Morgan fingerprint density at radius 2 is 1.60 bits per heavy atom. The van der Waals surface area contributed by atoms with Gasteiger partial charge in [0, 0.05) is 12.8 Å². The van der Waals surface area contributed by atoms with Gasteiger partial charge in [0.1, 0.15) is 13.1 Å². The first-order valence-electron chi connectivity index (χ1n) is 5.47. The quantitative estimate of drug-likeness (QED) is 0.291. The first-order chi connectivity index (χ1) is 6.83. The molecule has 0 bridgehead atoms. The number of ether oxygens (including phenoxy) is 1. The van der Waals surface area contributed by atoms with E-state index in [1.807, 2.05) is 0 Å². The predicted octanol–water partition coefficient (Wildman–Crippen LogP) is -3.40. The summed E-state index contributed by atoms with van der Waals surface area (Å²) in [7, 11) is 0. The Labute approximate surface area is 109 Å². The van der Waals surface area contributed by atoms with Crippen LogP contribution in [0, 0.1) is 0 Å². The monoisotopic (exact) mass is 331 g/mol. The van der Waals surface area contributed by atoms with Gasteiger partial charge in [-0.3, -0.25) is 0 Å². The molecule has 1 rings (SSSR count). The van der Waals surface area contributed by atoms with Crippen LogP contribution < -0.4 is 24.0 Å². The van der Waals surface area contributed by atoms with Gasteiger partial charge in [-0.2, -0.15) is 0 Å². The second-order valence-electron chi connectivity index (χ2n) is 4.00. The normalized spacial score (nSPS) is 18.8. The first-order valence-corrected chi connectivity index (χ1v) is 5.47. The van der Waals surface area contributed by atoms with Crippen molar-refractivity contribution in [2.45, 2.75) is 12.8 Å². The smallest absolute Gasteiger partial charge is 0.102 e. The molecular formula is C10H22INO3. The van der Waals surface area contributed by atoms with Gasteiger partial charge in [-0.15, -0.1) is 0 Å².